The summed E-state index contributed by atoms with van der Waals surface area (Å²) in [7, 11) is 4.13. The highest BCUT2D eigenvalue weighted by atomic mass is 79.9. The van der Waals surface area contributed by atoms with Gasteiger partial charge in [0.05, 0.1) is 38.8 Å². The third kappa shape index (κ3) is 2.71. The number of hydrogen-bond acceptors (Lipinski definition) is 3. The number of halogens is 1. The molecule has 1 saturated carbocycles. The van der Waals surface area contributed by atoms with Gasteiger partial charge in [-0.2, -0.15) is 0 Å². The van der Waals surface area contributed by atoms with Gasteiger partial charge in [0.15, 0.2) is 11.5 Å². The lowest BCUT2D eigenvalue weighted by molar-refractivity contribution is -0.924. The molecule has 0 amide bonds. The Hall–Kier alpha value is -1.04. The van der Waals surface area contributed by atoms with Crippen molar-refractivity contribution in [2.24, 2.45) is 5.92 Å². The molecule has 1 N–H and O–H groups in total. The first-order valence-corrected chi connectivity index (χ1v) is 9.61. The van der Waals surface area contributed by atoms with Crippen molar-refractivity contribution in [2.45, 2.75) is 49.9 Å². The van der Waals surface area contributed by atoms with Crippen molar-refractivity contribution < 1.29 is 36.0 Å². The van der Waals surface area contributed by atoms with Crippen molar-refractivity contribution in [3.05, 3.63) is 35.4 Å². The van der Waals surface area contributed by atoms with Gasteiger partial charge in [-0.15, -0.1) is 0 Å². The van der Waals surface area contributed by atoms with Crippen LogP contribution in [0.1, 0.15) is 36.8 Å². The highest BCUT2D eigenvalue weighted by Crippen LogP contribution is 2.56. The van der Waals surface area contributed by atoms with Crippen LogP contribution in [-0.4, -0.2) is 49.0 Å². The van der Waals surface area contributed by atoms with E-state index in [2.05, 4.69) is 25.3 Å². The molecule has 1 aromatic carbocycles. The lowest BCUT2D eigenvalue weighted by atomic mass is 9.69. The Morgan fingerprint density at radius 2 is 2.15 bits per heavy atom. The monoisotopic (exact) mass is 421 g/mol. The molecule has 0 bridgehead atoms. The van der Waals surface area contributed by atoms with Gasteiger partial charge >= 0.3 is 0 Å². The molecule has 2 aliphatic heterocycles. The number of nitrogens with zero attached hydrogens (tertiary/aromatic N) is 1. The lowest BCUT2D eigenvalue weighted by Gasteiger charge is -2.37. The molecule has 1 spiro atoms. The van der Waals surface area contributed by atoms with Crippen molar-refractivity contribution in [1.82, 2.24) is 0 Å². The van der Waals surface area contributed by atoms with E-state index in [-0.39, 0.29) is 28.5 Å². The standard InChI is InChI=1S/C21H28NO3.BrH/c1-22(12-14-3-4-14)10-9-21-8-7-16(23)11-18(21)25-20-17(24-2)6-5-15(13-22)19(20)21;/h5-8,14,16,18,23H,3-4,9-13H2,1-2H3;1H/q+1;/p-1/t16?,18-,21?,22?;/m1./s1. The topological polar surface area (TPSA) is 38.7 Å². The average molecular weight is 422 g/mol. The normalized spacial score (nSPS) is 37.0. The molecular weight excluding hydrogens is 394 g/mol. The molecule has 5 heteroatoms. The number of hydrogen-bond donors (Lipinski definition) is 1. The van der Waals surface area contributed by atoms with Gasteiger partial charge in [-0.1, -0.05) is 12.2 Å². The highest BCUT2D eigenvalue weighted by molar-refractivity contribution is 5.60. The van der Waals surface area contributed by atoms with E-state index in [1.165, 1.54) is 30.5 Å². The van der Waals surface area contributed by atoms with E-state index in [0.29, 0.717) is 6.42 Å². The molecule has 4 atom stereocenters. The Kier molecular flexibility index (Phi) is 4.41. The molecule has 4 nitrogen and oxygen atoms in total. The van der Waals surface area contributed by atoms with E-state index in [0.717, 1.165) is 41.4 Å². The van der Waals surface area contributed by atoms with Gasteiger partial charge < -0.3 is 36.0 Å². The van der Waals surface area contributed by atoms with Crippen LogP contribution in [-0.2, 0) is 12.0 Å². The fraction of sp³-hybridized carbons (Fsp3) is 0.619. The van der Waals surface area contributed by atoms with Crippen molar-refractivity contribution in [1.29, 1.82) is 0 Å². The Labute approximate surface area is 166 Å². The van der Waals surface area contributed by atoms with E-state index in [4.69, 9.17) is 9.47 Å². The van der Waals surface area contributed by atoms with E-state index >= 15 is 0 Å². The number of ether oxygens (including phenoxy) is 2. The fourth-order valence-electron chi connectivity index (χ4n) is 5.36. The molecule has 5 rings (SSSR count). The van der Waals surface area contributed by atoms with E-state index in [1.54, 1.807) is 7.11 Å². The summed E-state index contributed by atoms with van der Waals surface area (Å²) >= 11 is 0. The van der Waals surface area contributed by atoms with Crippen molar-refractivity contribution >= 4 is 0 Å². The summed E-state index contributed by atoms with van der Waals surface area (Å²) in [6.45, 7) is 3.51. The molecule has 2 aliphatic carbocycles. The molecular formula is C21H28BrNO3. The SMILES string of the molecule is COc1ccc2c3c1O[C@@H]1CC(O)C=CC31CC[N+](C)(CC1CC1)C2.[Br-]. The number of benzene rings is 1. The third-order valence-electron chi connectivity index (χ3n) is 6.81. The molecule has 0 radical (unpaired) electrons. The Bertz CT molecular complexity index is 747. The quantitative estimate of drug-likeness (QED) is 0.541. The average Bonchev–Trinajstić information content (AvgIpc) is 3.33. The summed E-state index contributed by atoms with van der Waals surface area (Å²) in [6.07, 6.45) is 8.38. The van der Waals surface area contributed by atoms with Crippen LogP contribution in [0, 0.1) is 5.92 Å². The minimum Gasteiger partial charge on any atom is -1.00 e. The summed E-state index contributed by atoms with van der Waals surface area (Å²) in [5, 5.41) is 10.2. The van der Waals surface area contributed by atoms with Crippen LogP contribution in [0.25, 0.3) is 0 Å². The zero-order chi connectivity index (χ0) is 17.2. The first-order chi connectivity index (χ1) is 12.0. The van der Waals surface area contributed by atoms with Crippen LogP contribution in [0.2, 0.25) is 0 Å². The number of rotatable bonds is 3. The van der Waals surface area contributed by atoms with E-state index < -0.39 is 6.10 Å². The Morgan fingerprint density at radius 1 is 1.35 bits per heavy atom. The maximum atomic E-state index is 10.2. The first-order valence-electron chi connectivity index (χ1n) is 9.61. The molecule has 26 heavy (non-hydrogen) atoms. The second-order valence-corrected chi connectivity index (χ2v) is 8.82. The maximum absolute atomic E-state index is 10.2. The summed E-state index contributed by atoms with van der Waals surface area (Å²) in [6, 6.07) is 4.31. The molecule has 142 valence electrons. The molecule has 3 unspecified atom stereocenters. The van der Waals surface area contributed by atoms with Crippen LogP contribution in [0.15, 0.2) is 24.3 Å². The van der Waals surface area contributed by atoms with E-state index in [9.17, 15) is 5.11 Å². The van der Waals surface area contributed by atoms with Crippen LogP contribution < -0.4 is 26.5 Å². The molecule has 1 aromatic rings. The van der Waals surface area contributed by atoms with Crippen molar-refractivity contribution in [2.75, 3.05) is 27.2 Å². The predicted molar refractivity (Wildman–Crippen MR) is 95.8 cm³/mol. The van der Waals surface area contributed by atoms with Crippen LogP contribution in [0.4, 0.5) is 0 Å². The zero-order valence-corrected chi connectivity index (χ0v) is 17.2. The zero-order valence-electron chi connectivity index (χ0n) is 15.6. The Morgan fingerprint density at radius 3 is 2.88 bits per heavy atom. The highest BCUT2D eigenvalue weighted by Gasteiger charge is 2.55. The second kappa shape index (κ2) is 6.25. The summed E-state index contributed by atoms with van der Waals surface area (Å²) in [5.41, 5.74) is 2.63. The lowest BCUT2D eigenvalue weighted by Crippen LogP contribution is -3.00. The maximum Gasteiger partial charge on any atom is 0.166 e. The fourth-order valence-corrected chi connectivity index (χ4v) is 5.36. The van der Waals surface area contributed by atoms with Crippen molar-refractivity contribution in [3.8, 4) is 11.5 Å². The van der Waals surface area contributed by atoms with Gasteiger partial charge in [0.1, 0.15) is 12.6 Å². The summed E-state index contributed by atoms with van der Waals surface area (Å²) < 4.78 is 13.1. The van der Waals surface area contributed by atoms with Gasteiger partial charge in [0.25, 0.3) is 0 Å². The molecule has 4 aliphatic rings. The molecule has 0 aromatic heterocycles. The predicted octanol–water partition coefficient (Wildman–Crippen LogP) is -0.221. The first kappa shape index (κ1) is 18.3. The van der Waals surface area contributed by atoms with Gasteiger partial charge in [-0.3, -0.25) is 0 Å². The molecule has 0 saturated heterocycles. The van der Waals surface area contributed by atoms with Crippen molar-refractivity contribution in [3.63, 3.8) is 0 Å². The second-order valence-electron chi connectivity index (χ2n) is 8.82. The summed E-state index contributed by atoms with van der Waals surface area (Å²) in [4.78, 5) is 0. The van der Waals surface area contributed by atoms with Crippen LogP contribution in [0.3, 0.4) is 0 Å². The van der Waals surface area contributed by atoms with Crippen LogP contribution in [0.5, 0.6) is 11.5 Å². The van der Waals surface area contributed by atoms with Gasteiger partial charge in [0.2, 0.25) is 0 Å². The number of aliphatic hydroxyl groups excluding tert-OH is 1. The molecule has 2 heterocycles. The minimum atomic E-state index is -0.407. The number of quaternary nitrogens is 1. The largest absolute Gasteiger partial charge is 1.00 e. The number of aliphatic hydroxyl groups is 1. The van der Waals surface area contributed by atoms with Gasteiger partial charge in [-0.05, 0) is 25.0 Å². The smallest absolute Gasteiger partial charge is 0.166 e. The summed E-state index contributed by atoms with van der Waals surface area (Å²) in [5.74, 6) is 2.66. The molecule has 1 fully saturated rings. The van der Waals surface area contributed by atoms with Gasteiger partial charge in [0, 0.05) is 29.9 Å². The van der Waals surface area contributed by atoms with Gasteiger partial charge in [-0.25, -0.2) is 0 Å². The minimum absolute atomic E-state index is 0. The Balaban J connectivity index is 0.00000168. The van der Waals surface area contributed by atoms with Crippen LogP contribution >= 0.6 is 0 Å². The third-order valence-corrected chi connectivity index (χ3v) is 6.81. The van der Waals surface area contributed by atoms with E-state index in [1.807, 2.05) is 6.08 Å². The number of methoxy groups -OCH3 is 1.